The fourth-order valence-corrected chi connectivity index (χ4v) is 2.87. The van der Waals surface area contributed by atoms with Crippen LogP contribution >= 0.6 is 0 Å². The number of carboxylic acid groups (broad SMARTS) is 1. The monoisotopic (exact) mass is 395 g/mol. The highest BCUT2D eigenvalue weighted by atomic mass is 32.2. The first-order valence-electron chi connectivity index (χ1n) is 7.13. The molecule has 2 rings (SSSR count). The van der Waals surface area contributed by atoms with Crippen molar-refractivity contribution >= 4 is 27.6 Å². The van der Waals surface area contributed by atoms with Gasteiger partial charge in [-0.3, -0.25) is 20.3 Å². The van der Waals surface area contributed by atoms with E-state index in [1.54, 1.807) is 0 Å². The van der Waals surface area contributed by atoms with Crippen molar-refractivity contribution in [3.8, 4) is 5.75 Å². The molecule has 0 fully saturated rings. The SMILES string of the molecule is COc1ccc(S(=O)(=O)NNC(=O)c2ccc([N+](=O)[O-])cc2)cc1C(=O)O. The Morgan fingerprint density at radius 3 is 2.30 bits per heavy atom. The molecule has 0 saturated heterocycles. The number of carbonyl (C=O) groups is 2. The average molecular weight is 395 g/mol. The van der Waals surface area contributed by atoms with Gasteiger partial charge in [-0.15, -0.1) is 4.83 Å². The number of nitro benzene ring substituents is 1. The Hall–Kier alpha value is -3.51. The number of amides is 1. The first-order chi connectivity index (χ1) is 12.7. The van der Waals surface area contributed by atoms with Gasteiger partial charge in [-0.25, -0.2) is 13.2 Å². The largest absolute Gasteiger partial charge is 0.496 e. The van der Waals surface area contributed by atoms with Gasteiger partial charge in [0.05, 0.1) is 16.9 Å². The molecule has 0 atom stereocenters. The number of nitrogens with zero attached hydrogens (tertiary/aromatic N) is 1. The lowest BCUT2D eigenvalue weighted by molar-refractivity contribution is -0.384. The molecule has 0 aliphatic carbocycles. The third kappa shape index (κ3) is 4.56. The summed E-state index contributed by atoms with van der Waals surface area (Å²) < 4.78 is 29.3. The first kappa shape index (κ1) is 19.8. The van der Waals surface area contributed by atoms with Crippen LogP contribution in [-0.4, -0.2) is 37.4 Å². The van der Waals surface area contributed by atoms with Crippen LogP contribution in [0.5, 0.6) is 5.75 Å². The number of nitro groups is 1. The number of carbonyl (C=O) groups excluding carboxylic acids is 1. The number of rotatable bonds is 7. The minimum atomic E-state index is -4.28. The Kier molecular flexibility index (Phi) is 5.72. The van der Waals surface area contributed by atoms with E-state index in [9.17, 15) is 28.1 Å². The molecular weight excluding hydrogens is 382 g/mol. The van der Waals surface area contributed by atoms with Gasteiger partial charge < -0.3 is 9.84 Å². The molecule has 0 saturated carbocycles. The number of hydrazine groups is 1. The van der Waals surface area contributed by atoms with Crippen molar-refractivity contribution in [1.29, 1.82) is 0 Å². The summed E-state index contributed by atoms with van der Waals surface area (Å²) >= 11 is 0. The number of benzene rings is 2. The highest BCUT2D eigenvalue weighted by Crippen LogP contribution is 2.22. The van der Waals surface area contributed by atoms with Crippen LogP contribution in [0.1, 0.15) is 20.7 Å². The molecule has 0 spiro atoms. The fourth-order valence-electron chi connectivity index (χ4n) is 2.00. The third-order valence-electron chi connectivity index (χ3n) is 3.35. The topological polar surface area (TPSA) is 165 Å². The van der Waals surface area contributed by atoms with Gasteiger partial charge in [-0.05, 0) is 30.3 Å². The van der Waals surface area contributed by atoms with Gasteiger partial charge in [0.1, 0.15) is 11.3 Å². The number of aromatic carboxylic acids is 1. The zero-order valence-corrected chi connectivity index (χ0v) is 14.5. The molecule has 3 N–H and O–H groups in total. The van der Waals surface area contributed by atoms with E-state index in [2.05, 4.69) is 0 Å². The molecule has 142 valence electrons. The van der Waals surface area contributed by atoms with Gasteiger partial charge in [0, 0.05) is 17.7 Å². The van der Waals surface area contributed by atoms with Crippen LogP contribution in [0.3, 0.4) is 0 Å². The van der Waals surface area contributed by atoms with Gasteiger partial charge in [0.25, 0.3) is 21.6 Å². The van der Waals surface area contributed by atoms with Gasteiger partial charge in [-0.2, -0.15) is 0 Å². The molecule has 0 aliphatic heterocycles. The zero-order valence-electron chi connectivity index (χ0n) is 13.7. The maximum Gasteiger partial charge on any atom is 0.339 e. The van der Waals surface area contributed by atoms with Gasteiger partial charge in [0.15, 0.2) is 0 Å². The summed E-state index contributed by atoms with van der Waals surface area (Å²) in [5, 5.41) is 19.7. The number of nitrogens with one attached hydrogen (secondary N) is 2. The molecule has 0 heterocycles. The Bertz CT molecular complexity index is 1000. The lowest BCUT2D eigenvalue weighted by atomic mass is 10.2. The number of hydrogen-bond donors (Lipinski definition) is 3. The molecule has 1 amide bonds. The van der Waals surface area contributed by atoms with Crippen molar-refractivity contribution in [3.05, 3.63) is 63.7 Å². The molecule has 2 aromatic rings. The standard InChI is InChI=1S/C15H13N3O8S/c1-26-13-7-6-11(8-12(13)15(20)21)27(24,25)17-16-14(19)9-2-4-10(5-3-9)18(22)23/h2-8,17H,1H3,(H,16,19)(H,20,21). The van der Waals surface area contributed by atoms with Crippen LogP contribution < -0.4 is 15.0 Å². The van der Waals surface area contributed by atoms with Crippen molar-refractivity contribution in [2.75, 3.05) is 7.11 Å². The number of carboxylic acids is 1. The maximum absolute atomic E-state index is 12.2. The summed E-state index contributed by atoms with van der Waals surface area (Å²) in [6, 6.07) is 7.62. The summed E-state index contributed by atoms with van der Waals surface area (Å²) in [5.41, 5.74) is 1.31. The maximum atomic E-state index is 12.2. The second-order valence-corrected chi connectivity index (χ2v) is 6.71. The van der Waals surface area contributed by atoms with E-state index in [1.807, 2.05) is 10.3 Å². The van der Waals surface area contributed by atoms with E-state index in [0.717, 1.165) is 42.5 Å². The van der Waals surface area contributed by atoms with Crippen LogP contribution in [0.25, 0.3) is 0 Å². The summed E-state index contributed by atoms with van der Waals surface area (Å²) in [6.07, 6.45) is 0. The number of non-ortho nitro benzene ring substituents is 1. The Morgan fingerprint density at radius 2 is 1.78 bits per heavy atom. The van der Waals surface area contributed by atoms with E-state index in [0.29, 0.717) is 0 Å². The van der Waals surface area contributed by atoms with Crippen molar-refractivity contribution in [2.45, 2.75) is 4.90 Å². The van der Waals surface area contributed by atoms with E-state index in [4.69, 9.17) is 9.84 Å². The Balaban J connectivity index is 2.16. The molecule has 0 aromatic heterocycles. The summed E-state index contributed by atoms with van der Waals surface area (Å²) in [7, 11) is -3.04. The fraction of sp³-hybridized carbons (Fsp3) is 0.0667. The van der Waals surface area contributed by atoms with Crippen LogP contribution in [0.2, 0.25) is 0 Å². The van der Waals surface area contributed by atoms with Crippen LogP contribution in [0.4, 0.5) is 5.69 Å². The third-order valence-corrected chi connectivity index (χ3v) is 4.60. The van der Waals surface area contributed by atoms with Crippen molar-refractivity contribution in [1.82, 2.24) is 10.3 Å². The van der Waals surface area contributed by atoms with E-state index in [1.165, 1.54) is 7.11 Å². The second kappa shape index (κ2) is 7.80. The second-order valence-electron chi connectivity index (χ2n) is 5.03. The highest BCUT2D eigenvalue weighted by Gasteiger charge is 2.20. The van der Waals surface area contributed by atoms with Crippen molar-refractivity contribution < 1.29 is 32.8 Å². The minimum Gasteiger partial charge on any atom is -0.496 e. The molecule has 0 unspecified atom stereocenters. The predicted molar refractivity (Wildman–Crippen MR) is 90.8 cm³/mol. The minimum absolute atomic E-state index is 0.0238. The Labute approximate surface area is 152 Å². The predicted octanol–water partition coefficient (Wildman–Crippen LogP) is 0.925. The first-order valence-corrected chi connectivity index (χ1v) is 8.62. The van der Waals surface area contributed by atoms with Gasteiger partial charge >= 0.3 is 5.97 Å². The molecule has 12 heteroatoms. The lowest BCUT2D eigenvalue weighted by Gasteiger charge is -2.10. The van der Waals surface area contributed by atoms with Gasteiger partial charge in [0.2, 0.25) is 0 Å². The molecule has 2 aromatic carbocycles. The van der Waals surface area contributed by atoms with Gasteiger partial charge in [-0.1, -0.05) is 0 Å². The van der Waals surface area contributed by atoms with Crippen molar-refractivity contribution in [3.63, 3.8) is 0 Å². The lowest BCUT2D eigenvalue weighted by Crippen LogP contribution is -2.41. The summed E-state index contributed by atoms with van der Waals surface area (Å²) in [5.74, 6) is -2.28. The number of ether oxygens (including phenoxy) is 1. The number of methoxy groups -OCH3 is 1. The molecular formula is C15H13N3O8S. The highest BCUT2D eigenvalue weighted by molar-refractivity contribution is 7.89. The van der Waals surface area contributed by atoms with Crippen LogP contribution in [-0.2, 0) is 10.0 Å². The Morgan fingerprint density at radius 1 is 1.15 bits per heavy atom. The number of hydrogen-bond acceptors (Lipinski definition) is 7. The average Bonchev–Trinajstić information content (AvgIpc) is 2.65. The quantitative estimate of drug-likeness (QED) is 0.460. The van der Waals surface area contributed by atoms with E-state index < -0.39 is 31.7 Å². The summed E-state index contributed by atoms with van der Waals surface area (Å²) in [4.78, 5) is 34.5. The smallest absolute Gasteiger partial charge is 0.339 e. The molecule has 11 nitrogen and oxygen atoms in total. The van der Waals surface area contributed by atoms with E-state index >= 15 is 0 Å². The zero-order chi connectivity index (χ0) is 20.2. The molecule has 0 radical (unpaired) electrons. The van der Waals surface area contributed by atoms with Crippen LogP contribution in [0, 0.1) is 10.1 Å². The van der Waals surface area contributed by atoms with Crippen molar-refractivity contribution in [2.24, 2.45) is 0 Å². The molecule has 0 aliphatic rings. The molecule has 0 bridgehead atoms. The summed E-state index contributed by atoms with van der Waals surface area (Å²) in [6.45, 7) is 0. The van der Waals surface area contributed by atoms with Crippen LogP contribution in [0.15, 0.2) is 47.4 Å². The molecule has 27 heavy (non-hydrogen) atoms. The number of sulfonamides is 1. The van der Waals surface area contributed by atoms with E-state index in [-0.39, 0.29) is 22.6 Å². The normalized spacial score (nSPS) is 10.9.